The van der Waals surface area contributed by atoms with Gasteiger partial charge in [0, 0.05) is 11.4 Å². The van der Waals surface area contributed by atoms with E-state index in [1.807, 2.05) is 54.1 Å². The summed E-state index contributed by atoms with van der Waals surface area (Å²) in [6.45, 7) is 5.62. The van der Waals surface area contributed by atoms with Crippen molar-refractivity contribution in [2.75, 3.05) is 12.0 Å². The summed E-state index contributed by atoms with van der Waals surface area (Å²) in [7, 11) is 0. The smallest absolute Gasteiger partial charge is 0.214 e. The maximum atomic E-state index is 6.04. The molecule has 0 bridgehead atoms. The summed E-state index contributed by atoms with van der Waals surface area (Å²) in [6, 6.07) is 13.5. The van der Waals surface area contributed by atoms with Crippen LogP contribution < -0.4 is 14.9 Å². The van der Waals surface area contributed by atoms with Crippen molar-refractivity contribution in [2.24, 2.45) is 0 Å². The van der Waals surface area contributed by atoms with Crippen LogP contribution in [0.2, 0.25) is 5.02 Å². The van der Waals surface area contributed by atoms with Crippen LogP contribution in [0.4, 0.5) is 0 Å². The van der Waals surface area contributed by atoms with Gasteiger partial charge in [-0.15, -0.1) is 0 Å². The highest BCUT2D eigenvalue weighted by molar-refractivity contribution is 7.71. The predicted molar refractivity (Wildman–Crippen MR) is 118 cm³/mol. The molecule has 0 aliphatic heterocycles. The molecule has 0 radical (unpaired) electrons. The summed E-state index contributed by atoms with van der Waals surface area (Å²) in [5.41, 5.74) is 5.38. The highest BCUT2D eigenvalue weighted by Gasteiger charge is 2.09. The molecule has 0 aliphatic carbocycles. The minimum Gasteiger partial charge on any atom is -0.490 e. The van der Waals surface area contributed by atoms with Crippen LogP contribution in [0.25, 0.3) is 0 Å². The molecule has 154 valence electrons. The second-order valence-corrected chi connectivity index (χ2v) is 7.32. The van der Waals surface area contributed by atoms with Gasteiger partial charge in [0.1, 0.15) is 6.61 Å². The van der Waals surface area contributed by atoms with Crippen molar-refractivity contribution in [2.45, 2.75) is 39.8 Å². The SMILES string of the molecule is CCCc1n[nH]c(=S)n1NCc1ccc(OCc2cccc(Cl)c2)c(OCC)c1. The summed E-state index contributed by atoms with van der Waals surface area (Å²) in [4.78, 5) is 0. The van der Waals surface area contributed by atoms with E-state index < -0.39 is 0 Å². The zero-order chi connectivity index (χ0) is 20.6. The van der Waals surface area contributed by atoms with Crippen molar-refractivity contribution in [3.8, 4) is 11.5 Å². The first-order chi connectivity index (χ1) is 14.1. The van der Waals surface area contributed by atoms with Crippen molar-refractivity contribution >= 4 is 23.8 Å². The molecule has 29 heavy (non-hydrogen) atoms. The van der Waals surface area contributed by atoms with E-state index in [-0.39, 0.29) is 0 Å². The van der Waals surface area contributed by atoms with Gasteiger partial charge in [-0.3, -0.25) is 5.10 Å². The third-order valence-corrected chi connectivity index (χ3v) is 4.76. The van der Waals surface area contributed by atoms with E-state index in [1.165, 1.54) is 0 Å². The fourth-order valence-electron chi connectivity index (χ4n) is 2.89. The lowest BCUT2D eigenvalue weighted by Crippen LogP contribution is -2.17. The number of halogens is 1. The molecule has 0 saturated carbocycles. The average Bonchev–Trinajstić information content (AvgIpc) is 3.06. The molecule has 2 aromatic carbocycles. The van der Waals surface area contributed by atoms with Crippen LogP contribution in [-0.4, -0.2) is 21.5 Å². The minimum absolute atomic E-state index is 0.419. The van der Waals surface area contributed by atoms with Gasteiger partial charge in [0.25, 0.3) is 0 Å². The molecule has 0 fully saturated rings. The molecule has 0 spiro atoms. The first kappa shape index (κ1) is 21.2. The minimum atomic E-state index is 0.419. The van der Waals surface area contributed by atoms with E-state index in [2.05, 4.69) is 22.5 Å². The molecular formula is C21H25ClN4O2S. The molecule has 0 unspecified atom stereocenters. The van der Waals surface area contributed by atoms with Crippen LogP contribution in [-0.2, 0) is 19.6 Å². The van der Waals surface area contributed by atoms with E-state index in [4.69, 9.17) is 33.3 Å². The van der Waals surface area contributed by atoms with E-state index in [0.717, 1.165) is 29.8 Å². The fourth-order valence-corrected chi connectivity index (χ4v) is 3.32. The van der Waals surface area contributed by atoms with Gasteiger partial charge < -0.3 is 14.9 Å². The lowest BCUT2D eigenvalue weighted by molar-refractivity contribution is 0.269. The van der Waals surface area contributed by atoms with Gasteiger partial charge in [0.05, 0.1) is 13.2 Å². The lowest BCUT2D eigenvalue weighted by Gasteiger charge is -2.15. The zero-order valence-electron chi connectivity index (χ0n) is 16.6. The number of H-pyrrole nitrogens is 1. The maximum Gasteiger partial charge on any atom is 0.214 e. The fraction of sp³-hybridized carbons (Fsp3) is 0.333. The Morgan fingerprint density at radius 3 is 2.72 bits per heavy atom. The maximum absolute atomic E-state index is 6.04. The number of hydrogen-bond donors (Lipinski definition) is 2. The number of aryl methyl sites for hydroxylation is 1. The Morgan fingerprint density at radius 2 is 1.97 bits per heavy atom. The zero-order valence-corrected chi connectivity index (χ0v) is 18.1. The molecule has 3 aromatic rings. The summed E-state index contributed by atoms with van der Waals surface area (Å²) < 4.78 is 14.1. The van der Waals surface area contributed by atoms with Gasteiger partial charge >= 0.3 is 0 Å². The second kappa shape index (κ2) is 10.3. The van der Waals surface area contributed by atoms with Crippen LogP contribution in [0.15, 0.2) is 42.5 Å². The first-order valence-corrected chi connectivity index (χ1v) is 10.4. The van der Waals surface area contributed by atoms with Crippen LogP contribution in [0, 0.1) is 4.77 Å². The summed E-state index contributed by atoms with van der Waals surface area (Å²) in [6.07, 6.45) is 1.84. The molecule has 0 saturated heterocycles. The van der Waals surface area contributed by atoms with Gasteiger partial charge in [-0.1, -0.05) is 36.7 Å². The van der Waals surface area contributed by atoms with Crippen LogP contribution in [0.1, 0.15) is 37.2 Å². The Hall–Kier alpha value is -2.51. The van der Waals surface area contributed by atoms with Gasteiger partial charge in [0.2, 0.25) is 4.77 Å². The summed E-state index contributed by atoms with van der Waals surface area (Å²) in [5, 5.41) is 7.79. The standard InChI is InChI=1S/C21H25ClN4O2S/c1-3-6-20-24-25-21(29)26(20)23-13-15-9-10-18(19(12-15)27-4-2)28-14-16-7-5-8-17(22)11-16/h5,7-12,23H,3-4,6,13-14H2,1-2H3,(H,25,29). The Kier molecular flexibility index (Phi) is 7.55. The third-order valence-electron chi connectivity index (χ3n) is 4.25. The molecular weight excluding hydrogens is 408 g/mol. The number of nitrogens with zero attached hydrogens (tertiary/aromatic N) is 2. The molecule has 0 atom stereocenters. The van der Waals surface area contributed by atoms with Crippen molar-refractivity contribution < 1.29 is 9.47 Å². The average molecular weight is 433 g/mol. The number of rotatable bonds is 10. The van der Waals surface area contributed by atoms with Crippen LogP contribution in [0.3, 0.4) is 0 Å². The topological polar surface area (TPSA) is 64.1 Å². The summed E-state index contributed by atoms with van der Waals surface area (Å²) in [5.74, 6) is 2.30. The lowest BCUT2D eigenvalue weighted by atomic mass is 10.2. The van der Waals surface area contributed by atoms with Gasteiger partial charge in [-0.05, 0) is 61.0 Å². The Labute approximate surface area is 180 Å². The van der Waals surface area contributed by atoms with Gasteiger partial charge in [-0.2, -0.15) is 5.10 Å². The quantitative estimate of drug-likeness (QED) is 0.427. The van der Waals surface area contributed by atoms with Crippen molar-refractivity contribution in [3.63, 3.8) is 0 Å². The van der Waals surface area contributed by atoms with E-state index >= 15 is 0 Å². The highest BCUT2D eigenvalue weighted by atomic mass is 35.5. The van der Waals surface area contributed by atoms with Gasteiger partial charge in [-0.25, -0.2) is 4.68 Å². The largest absolute Gasteiger partial charge is 0.490 e. The third kappa shape index (κ3) is 5.74. The molecule has 6 nitrogen and oxygen atoms in total. The molecule has 1 aromatic heterocycles. The monoisotopic (exact) mass is 432 g/mol. The van der Waals surface area contributed by atoms with E-state index in [9.17, 15) is 0 Å². The predicted octanol–water partition coefficient (Wildman–Crippen LogP) is 5.27. The number of nitrogens with one attached hydrogen (secondary N) is 2. The molecule has 3 rings (SSSR count). The number of benzene rings is 2. The van der Waals surface area contributed by atoms with E-state index in [0.29, 0.717) is 41.1 Å². The highest BCUT2D eigenvalue weighted by Crippen LogP contribution is 2.29. The number of hydrogen-bond acceptors (Lipinski definition) is 5. The number of ether oxygens (including phenoxy) is 2. The van der Waals surface area contributed by atoms with Gasteiger partial charge in [0.15, 0.2) is 17.3 Å². The molecule has 1 heterocycles. The van der Waals surface area contributed by atoms with Crippen LogP contribution in [0.5, 0.6) is 11.5 Å². The number of aromatic amines is 1. The first-order valence-electron chi connectivity index (χ1n) is 9.63. The van der Waals surface area contributed by atoms with Crippen molar-refractivity contribution in [3.05, 3.63) is 69.2 Å². The van der Waals surface area contributed by atoms with E-state index in [1.54, 1.807) is 0 Å². The Morgan fingerprint density at radius 1 is 1.10 bits per heavy atom. The molecule has 0 aliphatic rings. The molecule has 2 N–H and O–H groups in total. The molecule has 0 amide bonds. The normalized spacial score (nSPS) is 10.7. The second-order valence-electron chi connectivity index (χ2n) is 6.50. The Balaban J connectivity index is 1.70. The van der Waals surface area contributed by atoms with Crippen molar-refractivity contribution in [1.82, 2.24) is 14.9 Å². The Bertz CT molecular complexity index is 1000. The van der Waals surface area contributed by atoms with Crippen LogP contribution >= 0.6 is 23.8 Å². The molecule has 8 heteroatoms. The van der Waals surface area contributed by atoms with Crippen molar-refractivity contribution in [1.29, 1.82) is 0 Å². The summed E-state index contributed by atoms with van der Waals surface area (Å²) >= 11 is 11.4. The number of aromatic nitrogens is 3.